The number of hydrazone groups is 2. The number of hydrogen-bond acceptors (Lipinski definition) is 6. The highest BCUT2D eigenvalue weighted by Crippen LogP contribution is 2.17. The molecule has 8 heteroatoms. The van der Waals surface area contributed by atoms with Gasteiger partial charge in [0.05, 0.1) is 12.4 Å². The Hall–Kier alpha value is -4.46. The molecule has 3 aromatic rings. The van der Waals surface area contributed by atoms with Crippen LogP contribution in [0.15, 0.2) is 83.0 Å². The van der Waals surface area contributed by atoms with Gasteiger partial charge in [0.2, 0.25) is 0 Å². The molecule has 0 fully saturated rings. The number of ether oxygens (including phenoxy) is 2. The SMILES string of the molecule is Cc1cccc(/C=N/NC(=O)COc2ccc(OCC(=O)N/N=C/c3cccc(C)c3)cc2)c1. The highest BCUT2D eigenvalue weighted by atomic mass is 16.5. The maximum Gasteiger partial charge on any atom is 0.277 e. The van der Waals surface area contributed by atoms with Crippen molar-refractivity contribution in [3.8, 4) is 11.5 Å². The molecule has 2 N–H and O–H groups in total. The second-order valence-electron chi connectivity index (χ2n) is 7.46. The van der Waals surface area contributed by atoms with Gasteiger partial charge in [-0.3, -0.25) is 9.59 Å². The Morgan fingerprint density at radius 2 is 1.12 bits per heavy atom. The number of carbonyl (C=O) groups is 2. The lowest BCUT2D eigenvalue weighted by Crippen LogP contribution is -2.25. The lowest BCUT2D eigenvalue weighted by Gasteiger charge is -2.08. The van der Waals surface area contributed by atoms with Crippen molar-refractivity contribution in [2.75, 3.05) is 13.2 Å². The maximum absolute atomic E-state index is 11.9. The van der Waals surface area contributed by atoms with Crippen LogP contribution < -0.4 is 20.3 Å². The molecule has 3 aromatic carbocycles. The van der Waals surface area contributed by atoms with Crippen molar-refractivity contribution in [3.63, 3.8) is 0 Å². The van der Waals surface area contributed by atoms with E-state index in [0.29, 0.717) is 11.5 Å². The first-order chi connectivity index (χ1) is 16.5. The average Bonchev–Trinajstić information content (AvgIpc) is 2.82. The van der Waals surface area contributed by atoms with E-state index in [1.807, 2.05) is 62.4 Å². The first-order valence-corrected chi connectivity index (χ1v) is 10.6. The highest BCUT2D eigenvalue weighted by Gasteiger charge is 2.04. The zero-order chi connectivity index (χ0) is 24.2. The normalized spacial score (nSPS) is 10.9. The van der Waals surface area contributed by atoms with Crippen molar-refractivity contribution in [1.82, 2.24) is 10.9 Å². The van der Waals surface area contributed by atoms with Crippen LogP contribution in [0.1, 0.15) is 22.3 Å². The van der Waals surface area contributed by atoms with Gasteiger partial charge in [-0.2, -0.15) is 10.2 Å². The van der Waals surface area contributed by atoms with Gasteiger partial charge in [0.25, 0.3) is 11.8 Å². The number of hydrogen-bond donors (Lipinski definition) is 2. The van der Waals surface area contributed by atoms with Crippen molar-refractivity contribution in [3.05, 3.63) is 95.1 Å². The Morgan fingerprint density at radius 1 is 0.706 bits per heavy atom. The molecule has 0 aliphatic heterocycles. The standard InChI is InChI=1S/C26H26N4O4/c1-19-5-3-7-21(13-19)15-27-29-25(31)17-33-23-9-11-24(12-10-23)34-18-26(32)30-28-16-22-8-4-6-20(2)14-22/h3-16H,17-18H2,1-2H3,(H,29,31)(H,30,32)/b27-15+,28-16+. The molecular formula is C26H26N4O4. The largest absolute Gasteiger partial charge is 0.484 e. The van der Waals surface area contributed by atoms with E-state index in [2.05, 4.69) is 21.1 Å². The molecule has 0 atom stereocenters. The van der Waals surface area contributed by atoms with Crippen molar-refractivity contribution in [1.29, 1.82) is 0 Å². The molecule has 0 aromatic heterocycles. The smallest absolute Gasteiger partial charge is 0.277 e. The number of aryl methyl sites for hydroxylation is 2. The fraction of sp³-hybridized carbons (Fsp3) is 0.154. The maximum atomic E-state index is 11.9. The van der Waals surface area contributed by atoms with Crippen LogP contribution in [-0.2, 0) is 9.59 Å². The minimum absolute atomic E-state index is 0.188. The second-order valence-corrected chi connectivity index (χ2v) is 7.46. The van der Waals surface area contributed by atoms with Gasteiger partial charge < -0.3 is 9.47 Å². The van der Waals surface area contributed by atoms with Crippen molar-refractivity contribution in [2.45, 2.75) is 13.8 Å². The van der Waals surface area contributed by atoms with Gasteiger partial charge in [0, 0.05) is 0 Å². The summed E-state index contributed by atoms with van der Waals surface area (Å²) in [4.78, 5) is 23.8. The number of nitrogens with zero attached hydrogens (tertiary/aromatic N) is 2. The summed E-state index contributed by atoms with van der Waals surface area (Å²) in [5.74, 6) is 0.203. The van der Waals surface area contributed by atoms with Gasteiger partial charge in [-0.15, -0.1) is 0 Å². The van der Waals surface area contributed by atoms with Gasteiger partial charge in [-0.05, 0) is 49.2 Å². The summed E-state index contributed by atoms with van der Waals surface area (Å²) in [5, 5.41) is 7.84. The lowest BCUT2D eigenvalue weighted by molar-refractivity contribution is -0.123. The third-order valence-electron chi connectivity index (χ3n) is 4.45. The molecule has 174 valence electrons. The van der Waals surface area contributed by atoms with Crippen molar-refractivity contribution < 1.29 is 19.1 Å². The molecule has 0 bridgehead atoms. The molecule has 0 spiro atoms. The first kappa shape index (κ1) is 24.2. The Morgan fingerprint density at radius 3 is 1.50 bits per heavy atom. The van der Waals surface area contributed by atoms with Crippen LogP contribution in [0.4, 0.5) is 0 Å². The van der Waals surface area contributed by atoms with Crippen molar-refractivity contribution in [2.24, 2.45) is 10.2 Å². The quantitative estimate of drug-likeness (QED) is 0.359. The molecule has 2 amide bonds. The third kappa shape index (κ3) is 8.58. The molecule has 0 radical (unpaired) electrons. The van der Waals surface area contributed by atoms with Gasteiger partial charge in [0.15, 0.2) is 13.2 Å². The minimum Gasteiger partial charge on any atom is -0.484 e. The Labute approximate surface area is 198 Å². The molecule has 0 unspecified atom stereocenters. The molecular weight excluding hydrogens is 432 g/mol. The van der Waals surface area contributed by atoms with Crippen LogP contribution in [0, 0.1) is 13.8 Å². The number of amides is 2. The Bertz CT molecular complexity index is 1080. The summed E-state index contributed by atoms with van der Waals surface area (Å²) in [5.41, 5.74) is 8.84. The van der Waals surface area contributed by atoms with E-state index in [1.54, 1.807) is 36.7 Å². The van der Waals surface area contributed by atoms with Gasteiger partial charge >= 0.3 is 0 Å². The van der Waals surface area contributed by atoms with Gasteiger partial charge in [0.1, 0.15) is 11.5 Å². The van der Waals surface area contributed by atoms with E-state index < -0.39 is 0 Å². The van der Waals surface area contributed by atoms with Crippen LogP contribution in [0.2, 0.25) is 0 Å². The molecule has 0 saturated carbocycles. The molecule has 8 nitrogen and oxygen atoms in total. The Balaban J connectivity index is 1.35. The lowest BCUT2D eigenvalue weighted by atomic mass is 10.2. The fourth-order valence-electron chi connectivity index (χ4n) is 2.85. The van der Waals surface area contributed by atoms with E-state index in [9.17, 15) is 9.59 Å². The number of rotatable bonds is 10. The van der Waals surface area contributed by atoms with E-state index in [0.717, 1.165) is 22.3 Å². The van der Waals surface area contributed by atoms with E-state index in [-0.39, 0.29) is 25.0 Å². The fourth-order valence-corrected chi connectivity index (χ4v) is 2.85. The molecule has 0 heterocycles. The van der Waals surface area contributed by atoms with E-state index in [4.69, 9.17) is 9.47 Å². The summed E-state index contributed by atoms with van der Waals surface area (Å²) in [7, 11) is 0. The average molecular weight is 459 g/mol. The van der Waals surface area contributed by atoms with E-state index in [1.165, 1.54) is 0 Å². The Kier molecular flexibility index (Phi) is 8.92. The van der Waals surface area contributed by atoms with Crippen LogP contribution in [0.25, 0.3) is 0 Å². The molecule has 0 aliphatic rings. The number of nitrogens with one attached hydrogen (secondary N) is 2. The van der Waals surface area contributed by atoms with Crippen LogP contribution >= 0.6 is 0 Å². The third-order valence-corrected chi connectivity index (χ3v) is 4.45. The van der Waals surface area contributed by atoms with Crippen LogP contribution in [0.5, 0.6) is 11.5 Å². The second kappa shape index (κ2) is 12.5. The molecule has 3 rings (SSSR count). The summed E-state index contributed by atoms with van der Waals surface area (Å²) in [6.45, 7) is 3.59. The summed E-state index contributed by atoms with van der Waals surface area (Å²) >= 11 is 0. The predicted octanol–water partition coefficient (Wildman–Crippen LogP) is 3.36. The zero-order valence-electron chi connectivity index (χ0n) is 19.0. The summed E-state index contributed by atoms with van der Waals surface area (Å²) in [6.07, 6.45) is 3.14. The predicted molar refractivity (Wildman–Crippen MR) is 131 cm³/mol. The van der Waals surface area contributed by atoms with Crippen LogP contribution in [-0.4, -0.2) is 37.5 Å². The summed E-state index contributed by atoms with van der Waals surface area (Å²) in [6, 6.07) is 22.1. The zero-order valence-corrected chi connectivity index (χ0v) is 19.0. The highest BCUT2D eigenvalue weighted by molar-refractivity contribution is 5.83. The minimum atomic E-state index is -0.382. The van der Waals surface area contributed by atoms with E-state index >= 15 is 0 Å². The topological polar surface area (TPSA) is 101 Å². The van der Waals surface area contributed by atoms with Crippen LogP contribution in [0.3, 0.4) is 0 Å². The number of carbonyl (C=O) groups excluding carboxylic acids is 2. The number of benzene rings is 3. The van der Waals surface area contributed by atoms with Gasteiger partial charge in [-0.1, -0.05) is 59.7 Å². The van der Waals surface area contributed by atoms with Crippen molar-refractivity contribution >= 4 is 24.2 Å². The molecule has 34 heavy (non-hydrogen) atoms. The molecule has 0 aliphatic carbocycles. The first-order valence-electron chi connectivity index (χ1n) is 10.6. The monoisotopic (exact) mass is 458 g/mol. The molecule has 0 saturated heterocycles. The summed E-state index contributed by atoms with van der Waals surface area (Å²) < 4.78 is 10.9. The van der Waals surface area contributed by atoms with Gasteiger partial charge in [-0.25, -0.2) is 10.9 Å².